The summed E-state index contributed by atoms with van der Waals surface area (Å²) in [5.41, 5.74) is 0. The smallest absolute Gasteiger partial charge is 0.247 e. The molecule has 8 heavy (non-hydrogen) atoms. The summed E-state index contributed by atoms with van der Waals surface area (Å²) in [7, 11) is 0. The van der Waals surface area contributed by atoms with Gasteiger partial charge in [-0.15, -0.1) is 0 Å². The zero-order valence-corrected chi connectivity index (χ0v) is 5.31. The van der Waals surface area contributed by atoms with Crippen LogP contribution in [-0.2, 0) is 9.90 Å². The first kappa shape index (κ1) is 7.47. The molecule has 0 saturated carbocycles. The largest absolute Gasteiger partial charge is 0.355 e. The van der Waals surface area contributed by atoms with Crippen LogP contribution in [0.15, 0.2) is 0 Å². The molecule has 0 aromatic rings. The average Bonchev–Trinajstić information content (AvgIpc) is 1.61. The van der Waals surface area contributed by atoms with Crippen LogP contribution in [0.2, 0.25) is 0 Å². The average molecular weight is 115 g/mol. The minimum Gasteiger partial charge on any atom is -0.247 e. The van der Waals surface area contributed by atoms with E-state index in [-0.39, 0.29) is 6.42 Å². The van der Waals surface area contributed by atoms with Gasteiger partial charge in [0.05, 0.1) is 6.42 Å². The van der Waals surface area contributed by atoms with E-state index in [0.717, 1.165) is 6.42 Å². The van der Waals surface area contributed by atoms with Crippen molar-refractivity contribution >= 4 is 5.97 Å². The molecule has 0 rings (SSSR count). The molecule has 0 bridgehead atoms. The normalized spacial score (nSPS) is 9.88. The first-order valence-corrected chi connectivity index (χ1v) is 2.82. The van der Waals surface area contributed by atoms with Crippen molar-refractivity contribution in [2.45, 2.75) is 26.7 Å². The van der Waals surface area contributed by atoms with E-state index < -0.39 is 5.97 Å². The Labute approximate surface area is 49.5 Å². The van der Waals surface area contributed by atoms with E-state index in [9.17, 15) is 9.90 Å². The van der Waals surface area contributed by atoms with E-state index in [1.165, 1.54) is 0 Å². The fraction of sp³-hybridized carbons (Fsp3) is 0.833. The van der Waals surface area contributed by atoms with Gasteiger partial charge in [0.2, 0.25) is 0 Å². The second-order valence-corrected chi connectivity index (χ2v) is 2.30. The Hall–Kier alpha value is -0.530. The Morgan fingerprint density at radius 3 is 2.12 bits per heavy atom. The Morgan fingerprint density at radius 1 is 1.50 bits per heavy atom. The summed E-state index contributed by atoms with van der Waals surface area (Å²) < 4.78 is 0. The third-order valence-electron chi connectivity index (χ3n) is 0.926. The van der Waals surface area contributed by atoms with Gasteiger partial charge in [-0.05, 0) is 12.3 Å². The van der Waals surface area contributed by atoms with Crippen LogP contribution in [-0.4, -0.2) is 5.97 Å². The number of carbonyl (C=O) groups is 1. The fourth-order valence-electron chi connectivity index (χ4n) is 0.407. The lowest BCUT2D eigenvalue weighted by molar-refractivity contribution is -0.143. The lowest BCUT2D eigenvalue weighted by Gasteiger charge is -1.96. The molecule has 0 unspecified atom stereocenters. The highest BCUT2D eigenvalue weighted by Crippen LogP contribution is 2.02. The van der Waals surface area contributed by atoms with Crippen LogP contribution in [0.4, 0.5) is 0 Å². The summed E-state index contributed by atoms with van der Waals surface area (Å²) in [6, 6.07) is 0. The summed E-state index contributed by atoms with van der Waals surface area (Å²) in [5, 5.41) is 9.79. The van der Waals surface area contributed by atoms with E-state index >= 15 is 0 Å². The van der Waals surface area contributed by atoms with Gasteiger partial charge >= 0.3 is 5.97 Å². The molecule has 0 aromatic carbocycles. The summed E-state index contributed by atoms with van der Waals surface area (Å²) in [4.78, 5) is 9.79. The van der Waals surface area contributed by atoms with Crippen molar-refractivity contribution in [3.8, 4) is 0 Å². The number of carbonyl (C=O) groups excluding carboxylic acids is 1. The van der Waals surface area contributed by atoms with Crippen LogP contribution in [0.1, 0.15) is 26.7 Å². The molecular weight excluding hydrogens is 104 g/mol. The van der Waals surface area contributed by atoms with Gasteiger partial charge in [0, 0.05) is 0 Å². The van der Waals surface area contributed by atoms with Gasteiger partial charge < -0.3 is 0 Å². The molecule has 2 nitrogen and oxygen atoms in total. The van der Waals surface area contributed by atoms with Gasteiger partial charge in [0.25, 0.3) is 0 Å². The summed E-state index contributed by atoms with van der Waals surface area (Å²) in [6.07, 6.45) is 0.917. The minimum atomic E-state index is -0.946. The van der Waals surface area contributed by atoms with Crippen LogP contribution < -0.4 is 0 Å². The van der Waals surface area contributed by atoms with Gasteiger partial charge in [0.15, 0.2) is 0 Å². The van der Waals surface area contributed by atoms with Crippen molar-refractivity contribution in [3.05, 3.63) is 0 Å². The third-order valence-corrected chi connectivity index (χ3v) is 0.926. The summed E-state index contributed by atoms with van der Waals surface area (Å²) in [5.74, 6) is -0.480. The highest BCUT2D eigenvalue weighted by atomic mass is 16.4. The monoisotopic (exact) mass is 115 g/mol. The number of hydrogen-bond donors (Lipinski definition) is 0. The molecule has 0 N–H and O–H groups in total. The zero-order chi connectivity index (χ0) is 6.57. The van der Waals surface area contributed by atoms with Gasteiger partial charge in [-0.3, -0.25) is 0 Å². The molecule has 0 aromatic heterocycles. The first-order chi connectivity index (χ1) is 3.63. The van der Waals surface area contributed by atoms with Gasteiger partial charge in [-0.2, -0.15) is 0 Å². The second-order valence-electron chi connectivity index (χ2n) is 2.30. The van der Waals surface area contributed by atoms with Gasteiger partial charge in [0.1, 0.15) is 0 Å². The highest BCUT2D eigenvalue weighted by molar-refractivity contribution is 5.66. The fourth-order valence-corrected chi connectivity index (χ4v) is 0.407. The van der Waals surface area contributed by atoms with Crippen molar-refractivity contribution in [2.75, 3.05) is 0 Å². The number of rotatable bonds is 3. The Bertz CT molecular complexity index is 76.6. The molecular formula is C6H11O2. The summed E-state index contributed by atoms with van der Waals surface area (Å²) in [6.45, 7) is 3.98. The van der Waals surface area contributed by atoms with Crippen LogP contribution in [0.3, 0.4) is 0 Å². The third kappa shape index (κ3) is 5.47. The molecule has 47 valence electrons. The van der Waals surface area contributed by atoms with Crippen LogP contribution in [0.5, 0.6) is 0 Å². The molecule has 0 heterocycles. The first-order valence-electron chi connectivity index (χ1n) is 2.82. The maximum absolute atomic E-state index is 9.79. The molecule has 0 amide bonds. The van der Waals surface area contributed by atoms with Crippen molar-refractivity contribution in [2.24, 2.45) is 5.92 Å². The molecule has 0 aliphatic rings. The lowest BCUT2D eigenvalue weighted by Crippen LogP contribution is -1.95. The molecule has 2 heteroatoms. The Balaban J connectivity index is 3.05. The van der Waals surface area contributed by atoms with Crippen molar-refractivity contribution in [3.63, 3.8) is 0 Å². The maximum atomic E-state index is 9.79. The molecule has 1 radical (unpaired) electrons. The van der Waals surface area contributed by atoms with Crippen molar-refractivity contribution in [1.29, 1.82) is 0 Å². The van der Waals surface area contributed by atoms with Crippen LogP contribution in [0.25, 0.3) is 0 Å². The highest BCUT2D eigenvalue weighted by Gasteiger charge is 2.00. The van der Waals surface area contributed by atoms with Gasteiger partial charge in [-0.25, -0.2) is 9.90 Å². The van der Waals surface area contributed by atoms with Gasteiger partial charge in [-0.1, -0.05) is 13.8 Å². The molecule has 0 aliphatic heterocycles. The van der Waals surface area contributed by atoms with Crippen LogP contribution >= 0.6 is 0 Å². The van der Waals surface area contributed by atoms with E-state index in [4.69, 9.17) is 0 Å². The van der Waals surface area contributed by atoms with E-state index in [1.807, 2.05) is 13.8 Å². The standard InChI is InChI=1S/C6H11O2/c1-5(2)3-4-6(7)8/h5H,3-4H2,1-2H3. The minimum absolute atomic E-state index is 0.192. The number of hydrogen-bond acceptors (Lipinski definition) is 1. The van der Waals surface area contributed by atoms with Crippen molar-refractivity contribution < 1.29 is 9.90 Å². The molecule has 0 fully saturated rings. The maximum Gasteiger partial charge on any atom is 0.355 e. The predicted molar refractivity (Wildman–Crippen MR) is 29.8 cm³/mol. The van der Waals surface area contributed by atoms with E-state index in [2.05, 4.69) is 0 Å². The second kappa shape index (κ2) is 3.47. The quantitative estimate of drug-likeness (QED) is 0.547. The Kier molecular flexibility index (Phi) is 3.24. The van der Waals surface area contributed by atoms with E-state index in [0.29, 0.717) is 5.92 Å². The topological polar surface area (TPSA) is 37.0 Å². The predicted octanol–water partition coefficient (Wildman–Crippen LogP) is 1.38. The lowest BCUT2D eigenvalue weighted by atomic mass is 10.1. The Morgan fingerprint density at radius 2 is 2.00 bits per heavy atom. The molecule has 0 aliphatic carbocycles. The molecule has 0 atom stereocenters. The summed E-state index contributed by atoms with van der Waals surface area (Å²) >= 11 is 0. The van der Waals surface area contributed by atoms with E-state index in [1.54, 1.807) is 0 Å². The van der Waals surface area contributed by atoms with Crippen molar-refractivity contribution in [1.82, 2.24) is 0 Å². The molecule has 0 saturated heterocycles. The molecule has 0 spiro atoms. The van der Waals surface area contributed by atoms with Crippen LogP contribution in [0, 0.1) is 5.92 Å². The SMILES string of the molecule is CC(C)CCC([O])=O. The zero-order valence-electron chi connectivity index (χ0n) is 5.31.